The van der Waals surface area contributed by atoms with E-state index in [1.54, 1.807) is 31.0 Å². The first kappa shape index (κ1) is 17.2. The van der Waals surface area contributed by atoms with Crippen LogP contribution in [0.5, 0.6) is 0 Å². The average molecular weight is 345 g/mol. The van der Waals surface area contributed by atoms with Crippen molar-refractivity contribution < 1.29 is 23.5 Å². The van der Waals surface area contributed by atoms with Crippen molar-refractivity contribution in [3.05, 3.63) is 58.8 Å². The minimum Gasteiger partial charge on any atom is -0.478 e. The molecule has 0 aliphatic heterocycles. The molecule has 1 aromatic heterocycles. The maximum atomic E-state index is 13.2. The summed E-state index contributed by atoms with van der Waals surface area (Å²) < 4.78 is 18.7. The summed E-state index contributed by atoms with van der Waals surface area (Å²) in [5.74, 6) is -0.689. The molecule has 6 heteroatoms. The Kier molecular flexibility index (Phi) is 4.37. The van der Waals surface area contributed by atoms with E-state index in [1.165, 1.54) is 18.2 Å². The number of hydrogen-bond acceptors (Lipinski definition) is 3. The number of likely N-dealkylation sites (N-methyl/N-ethyl adjacent to an activating group) is 1. The fraction of sp³-hybridized carbons (Fsp3) is 0.368. The Labute approximate surface area is 145 Å². The largest absolute Gasteiger partial charge is 0.478 e. The van der Waals surface area contributed by atoms with Gasteiger partial charge in [-0.2, -0.15) is 0 Å². The molecule has 1 saturated carbocycles. The first-order valence-electron chi connectivity index (χ1n) is 8.18. The Morgan fingerprint density at radius 3 is 2.40 bits per heavy atom. The van der Waals surface area contributed by atoms with E-state index < -0.39 is 11.4 Å². The van der Waals surface area contributed by atoms with Gasteiger partial charge < -0.3 is 14.4 Å². The Morgan fingerprint density at radius 2 is 1.92 bits per heavy atom. The van der Waals surface area contributed by atoms with Crippen molar-refractivity contribution in [3.8, 4) is 0 Å². The van der Waals surface area contributed by atoms with Crippen molar-refractivity contribution in [2.24, 2.45) is 0 Å². The third-order valence-corrected chi connectivity index (χ3v) is 4.95. The Bertz CT molecular complexity index is 805. The van der Waals surface area contributed by atoms with Gasteiger partial charge in [0.05, 0.1) is 12.0 Å². The number of carboxylic acid groups (broad SMARTS) is 1. The van der Waals surface area contributed by atoms with Crippen LogP contribution in [0, 0.1) is 12.7 Å². The van der Waals surface area contributed by atoms with Gasteiger partial charge in [0.25, 0.3) is 0 Å². The summed E-state index contributed by atoms with van der Waals surface area (Å²) >= 11 is 0. The smallest absolute Gasteiger partial charge is 0.339 e. The first-order valence-corrected chi connectivity index (χ1v) is 8.18. The fourth-order valence-corrected chi connectivity index (χ4v) is 3.43. The van der Waals surface area contributed by atoms with Gasteiger partial charge in [-0.15, -0.1) is 0 Å². The van der Waals surface area contributed by atoms with Crippen molar-refractivity contribution in [1.29, 1.82) is 0 Å². The molecule has 0 spiro atoms. The van der Waals surface area contributed by atoms with Crippen LogP contribution in [-0.2, 0) is 16.8 Å². The number of halogens is 1. The van der Waals surface area contributed by atoms with Gasteiger partial charge in [0, 0.05) is 7.05 Å². The lowest BCUT2D eigenvalue weighted by molar-refractivity contribution is -0.140. The molecule has 1 amide bonds. The molecule has 2 aromatic rings. The van der Waals surface area contributed by atoms with E-state index in [1.807, 2.05) is 0 Å². The molecular formula is C19H20FNO4. The lowest BCUT2D eigenvalue weighted by Crippen LogP contribution is -2.49. The minimum atomic E-state index is -1.05. The Morgan fingerprint density at radius 1 is 1.28 bits per heavy atom. The molecular weight excluding hydrogens is 325 g/mol. The zero-order chi connectivity index (χ0) is 18.2. The predicted octanol–water partition coefficient (Wildman–Crippen LogP) is 3.51. The fourth-order valence-electron chi connectivity index (χ4n) is 3.43. The van der Waals surface area contributed by atoms with Crippen molar-refractivity contribution in [1.82, 2.24) is 4.90 Å². The molecule has 1 N–H and O–H groups in total. The van der Waals surface area contributed by atoms with E-state index in [-0.39, 0.29) is 23.8 Å². The maximum absolute atomic E-state index is 13.2. The standard InChI is InChI=1S/C19H20FNO4/c1-12-16(17(22)23)10-15(25-12)11-21(2)18(24)19(8-3-9-19)13-4-6-14(20)7-5-13/h4-7,10H,3,8-9,11H2,1-2H3,(H,22,23). The number of rotatable bonds is 5. The molecule has 1 aliphatic carbocycles. The third-order valence-electron chi connectivity index (χ3n) is 4.95. The molecule has 0 radical (unpaired) electrons. The number of hydrogen-bond donors (Lipinski definition) is 1. The Balaban J connectivity index is 1.80. The highest BCUT2D eigenvalue weighted by Gasteiger charge is 2.47. The molecule has 132 valence electrons. The SMILES string of the molecule is Cc1oc(CN(C)C(=O)C2(c3ccc(F)cc3)CCC2)cc1C(=O)O. The van der Waals surface area contributed by atoms with Gasteiger partial charge in [0.15, 0.2) is 0 Å². The van der Waals surface area contributed by atoms with Gasteiger partial charge >= 0.3 is 5.97 Å². The van der Waals surface area contributed by atoms with Crippen LogP contribution in [0.1, 0.15) is 46.7 Å². The van der Waals surface area contributed by atoms with Crippen LogP contribution >= 0.6 is 0 Å². The number of carbonyl (C=O) groups excluding carboxylic acids is 1. The number of aromatic carboxylic acids is 1. The van der Waals surface area contributed by atoms with E-state index in [2.05, 4.69) is 0 Å². The van der Waals surface area contributed by atoms with Crippen LogP contribution in [0.3, 0.4) is 0 Å². The highest BCUT2D eigenvalue weighted by atomic mass is 19.1. The third kappa shape index (κ3) is 3.04. The molecule has 0 unspecified atom stereocenters. The lowest BCUT2D eigenvalue weighted by Gasteiger charge is -2.43. The summed E-state index contributed by atoms with van der Waals surface area (Å²) in [6.07, 6.45) is 2.39. The number of carbonyl (C=O) groups is 2. The van der Waals surface area contributed by atoms with E-state index >= 15 is 0 Å². The minimum absolute atomic E-state index is 0.0590. The maximum Gasteiger partial charge on any atom is 0.339 e. The molecule has 1 fully saturated rings. The highest BCUT2D eigenvalue weighted by Crippen LogP contribution is 2.45. The molecule has 1 heterocycles. The highest BCUT2D eigenvalue weighted by molar-refractivity contribution is 5.90. The number of nitrogens with zero attached hydrogens (tertiary/aromatic N) is 1. The van der Waals surface area contributed by atoms with Gasteiger partial charge in [0.1, 0.15) is 22.9 Å². The Hall–Kier alpha value is -2.63. The molecule has 1 aromatic carbocycles. The summed E-state index contributed by atoms with van der Waals surface area (Å²) in [4.78, 5) is 25.7. The number of benzene rings is 1. The van der Waals surface area contributed by atoms with Gasteiger partial charge in [-0.3, -0.25) is 4.79 Å². The van der Waals surface area contributed by atoms with Crippen LogP contribution in [0.25, 0.3) is 0 Å². The lowest BCUT2D eigenvalue weighted by atomic mass is 9.63. The van der Waals surface area contributed by atoms with Crippen LogP contribution in [0.15, 0.2) is 34.7 Å². The molecule has 25 heavy (non-hydrogen) atoms. The van der Waals surface area contributed by atoms with Gasteiger partial charge in [0.2, 0.25) is 5.91 Å². The zero-order valence-electron chi connectivity index (χ0n) is 14.2. The first-order chi connectivity index (χ1) is 11.8. The van der Waals surface area contributed by atoms with Gasteiger partial charge in [-0.05, 0) is 43.5 Å². The topological polar surface area (TPSA) is 70.8 Å². The van der Waals surface area contributed by atoms with Crippen LogP contribution in [0.4, 0.5) is 4.39 Å². The molecule has 5 nitrogen and oxygen atoms in total. The average Bonchev–Trinajstić information content (AvgIpc) is 2.88. The molecule has 0 atom stereocenters. The van der Waals surface area contributed by atoms with Crippen LogP contribution in [0.2, 0.25) is 0 Å². The summed E-state index contributed by atoms with van der Waals surface area (Å²) in [5, 5.41) is 9.10. The van der Waals surface area contributed by atoms with E-state index in [0.717, 1.165) is 24.8 Å². The van der Waals surface area contributed by atoms with Crippen LogP contribution < -0.4 is 0 Å². The second-order valence-corrected chi connectivity index (χ2v) is 6.59. The normalized spacial score (nSPS) is 15.5. The second-order valence-electron chi connectivity index (χ2n) is 6.59. The number of amides is 1. The monoisotopic (exact) mass is 345 g/mol. The van der Waals surface area contributed by atoms with Crippen molar-refractivity contribution in [3.63, 3.8) is 0 Å². The van der Waals surface area contributed by atoms with Crippen molar-refractivity contribution in [2.45, 2.75) is 38.1 Å². The number of furan rings is 1. The predicted molar refractivity (Wildman–Crippen MR) is 88.8 cm³/mol. The summed E-state index contributed by atoms with van der Waals surface area (Å²) in [6, 6.07) is 7.53. The summed E-state index contributed by atoms with van der Waals surface area (Å²) in [6.45, 7) is 1.77. The summed E-state index contributed by atoms with van der Waals surface area (Å²) in [7, 11) is 1.67. The van der Waals surface area contributed by atoms with E-state index in [0.29, 0.717) is 11.5 Å². The van der Waals surface area contributed by atoms with Crippen molar-refractivity contribution in [2.75, 3.05) is 7.05 Å². The zero-order valence-corrected chi connectivity index (χ0v) is 14.2. The van der Waals surface area contributed by atoms with Crippen LogP contribution in [-0.4, -0.2) is 28.9 Å². The number of carboxylic acids is 1. The van der Waals surface area contributed by atoms with E-state index in [9.17, 15) is 14.0 Å². The van der Waals surface area contributed by atoms with Crippen molar-refractivity contribution >= 4 is 11.9 Å². The van der Waals surface area contributed by atoms with E-state index in [4.69, 9.17) is 9.52 Å². The van der Waals surface area contributed by atoms with Gasteiger partial charge in [-0.1, -0.05) is 18.6 Å². The number of aryl methyl sites for hydroxylation is 1. The molecule has 3 rings (SSSR count). The van der Waals surface area contributed by atoms with Gasteiger partial charge in [-0.25, -0.2) is 9.18 Å². The molecule has 1 aliphatic rings. The molecule has 0 saturated heterocycles. The second kappa shape index (κ2) is 6.35. The molecule has 0 bridgehead atoms. The summed E-state index contributed by atoms with van der Waals surface area (Å²) in [5.41, 5.74) is 0.297. The quantitative estimate of drug-likeness (QED) is 0.900.